The summed E-state index contributed by atoms with van der Waals surface area (Å²) in [7, 11) is 3.72. The molecule has 0 aliphatic heterocycles. The van der Waals surface area contributed by atoms with Gasteiger partial charge in [0.25, 0.3) is 0 Å². The van der Waals surface area contributed by atoms with Gasteiger partial charge >= 0.3 is 0 Å². The van der Waals surface area contributed by atoms with Crippen LogP contribution in [0.5, 0.6) is 0 Å². The van der Waals surface area contributed by atoms with Gasteiger partial charge in [0, 0.05) is 32.3 Å². The monoisotopic (exact) mass is 341 g/mol. The van der Waals surface area contributed by atoms with Crippen LogP contribution in [0.25, 0.3) is 10.7 Å². The number of thiazole rings is 1. The number of likely N-dealkylation sites (N-methyl/N-ethyl adjacent to an activating group) is 1. The quantitative estimate of drug-likeness (QED) is 0.710. The molecule has 0 unspecified atom stereocenters. The summed E-state index contributed by atoms with van der Waals surface area (Å²) in [5.41, 5.74) is 1.90. The van der Waals surface area contributed by atoms with E-state index in [2.05, 4.69) is 25.2 Å². The second-order valence-electron chi connectivity index (χ2n) is 5.19. The van der Waals surface area contributed by atoms with Gasteiger partial charge in [-0.1, -0.05) is 6.07 Å². The van der Waals surface area contributed by atoms with Gasteiger partial charge in [0.2, 0.25) is 0 Å². The molecule has 0 radical (unpaired) electrons. The lowest BCUT2D eigenvalue weighted by atomic mass is 10.3. The number of nitrogens with one attached hydrogen (secondary N) is 1. The number of pyridine rings is 2. The van der Waals surface area contributed by atoms with Crippen LogP contribution in [0.15, 0.2) is 48.1 Å². The summed E-state index contributed by atoms with van der Waals surface area (Å²) in [5.74, 6) is 1.50. The first-order valence-corrected chi connectivity index (χ1v) is 8.44. The van der Waals surface area contributed by atoms with Crippen molar-refractivity contribution < 1.29 is 4.74 Å². The predicted molar refractivity (Wildman–Crippen MR) is 98.0 cm³/mol. The first-order valence-electron chi connectivity index (χ1n) is 7.56. The van der Waals surface area contributed by atoms with Gasteiger partial charge in [-0.2, -0.15) is 0 Å². The van der Waals surface area contributed by atoms with Crippen LogP contribution in [0.1, 0.15) is 0 Å². The third kappa shape index (κ3) is 4.06. The van der Waals surface area contributed by atoms with E-state index in [9.17, 15) is 0 Å². The first-order chi connectivity index (χ1) is 11.8. The highest BCUT2D eigenvalue weighted by molar-refractivity contribution is 7.13. The summed E-state index contributed by atoms with van der Waals surface area (Å²) in [4.78, 5) is 15.4. The fourth-order valence-electron chi connectivity index (χ4n) is 2.15. The van der Waals surface area contributed by atoms with Crippen molar-refractivity contribution in [1.29, 1.82) is 0 Å². The molecular weight excluding hydrogens is 322 g/mol. The fourth-order valence-corrected chi connectivity index (χ4v) is 2.75. The molecule has 0 saturated carbocycles. The maximum Gasteiger partial charge on any atom is 0.141 e. The topological polar surface area (TPSA) is 63.2 Å². The zero-order valence-corrected chi connectivity index (χ0v) is 14.5. The van der Waals surface area contributed by atoms with Crippen LogP contribution in [-0.2, 0) is 4.74 Å². The van der Waals surface area contributed by atoms with Crippen molar-refractivity contribution in [2.75, 3.05) is 37.5 Å². The maximum atomic E-state index is 5.09. The normalized spacial score (nSPS) is 10.6. The van der Waals surface area contributed by atoms with E-state index in [4.69, 9.17) is 4.74 Å². The summed E-state index contributed by atoms with van der Waals surface area (Å²) in [6, 6.07) is 9.79. The highest BCUT2D eigenvalue weighted by atomic mass is 32.1. The van der Waals surface area contributed by atoms with Crippen LogP contribution in [0.4, 0.5) is 17.3 Å². The number of aromatic nitrogens is 3. The van der Waals surface area contributed by atoms with Crippen molar-refractivity contribution in [2.24, 2.45) is 0 Å². The number of rotatable bonds is 7. The molecule has 24 heavy (non-hydrogen) atoms. The van der Waals surface area contributed by atoms with E-state index in [0.717, 1.165) is 34.6 Å². The van der Waals surface area contributed by atoms with Gasteiger partial charge in [-0.25, -0.2) is 15.0 Å². The first kappa shape index (κ1) is 16.4. The van der Waals surface area contributed by atoms with E-state index >= 15 is 0 Å². The third-order valence-corrected chi connectivity index (χ3v) is 4.27. The average molecular weight is 341 g/mol. The minimum atomic E-state index is 0.684. The zero-order chi connectivity index (χ0) is 16.8. The van der Waals surface area contributed by atoms with Crippen LogP contribution in [0.2, 0.25) is 0 Å². The molecule has 0 aromatic carbocycles. The highest BCUT2D eigenvalue weighted by Gasteiger charge is 2.05. The van der Waals surface area contributed by atoms with Gasteiger partial charge in [-0.05, 0) is 24.3 Å². The molecule has 0 spiro atoms. The Bertz CT molecular complexity index is 761. The Hall–Kier alpha value is -2.51. The van der Waals surface area contributed by atoms with Crippen molar-refractivity contribution in [3.8, 4) is 10.7 Å². The highest BCUT2D eigenvalue weighted by Crippen LogP contribution is 2.22. The van der Waals surface area contributed by atoms with Crippen LogP contribution >= 0.6 is 11.3 Å². The standard InChI is InChI=1S/C17H19N5OS/c1-22(9-10-23-2)13-6-7-15(19-12-13)21-16-5-3-4-14(20-16)17-18-8-11-24-17/h3-8,11-12H,9-10H2,1-2H3,(H,19,20,21). The molecule has 0 bridgehead atoms. The van der Waals surface area contributed by atoms with Crippen molar-refractivity contribution in [2.45, 2.75) is 0 Å². The maximum absolute atomic E-state index is 5.09. The largest absolute Gasteiger partial charge is 0.383 e. The molecule has 124 valence electrons. The number of hydrogen-bond donors (Lipinski definition) is 1. The van der Waals surface area contributed by atoms with Crippen molar-refractivity contribution in [3.63, 3.8) is 0 Å². The summed E-state index contributed by atoms with van der Waals surface area (Å²) >= 11 is 1.57. The van der Waals surface area contributed by atoms with Crippen LogP contribution in [0.3, 0.4) is 0 Å². The van der Waals surface area contributed by atoms with E-state index in [1.165, 1.54) is 0 Å². The lowest BCUT2D eigenvalue weighted by Crippen LogP contribution is -2.22. The summed E-state index contributed by atoms with van der Waals surface area (Å²) in [5, 5.41) is 6.07. The molecule has 3 rings (SSSR count). The lowest BCUT2D eigenvalue weighted by molar-refractivity contribution is 0.206. The van der Waals surface area contributed by atoms with Gasteiger partial charge < -0.3 is 15.0 Å². The molecule has 1 N–H and O–H groups in total. The Morgan fingerprint density at radius 1 is 1.17 bits per heavy atom. The molecule has 3 aromatic rings. The predicted octanol–water partition coefficient (Wildman–Crippen LogP) is 3.43. The Labute approximate surface area is 145 Å². The molecule has 6 nitrogen and oxygen atoms in total. The number of ether oxygens (including phenoxy) is 1. The Morgan fingerprint density at radius 2 is 2.08 bits per heavy atom. The Balaban J connectivity index is 1.69. The van der Waals surface area contributed by atoms with E-state index in [1.807, 2.05) is 49.0 Å². The van der Waals surface area contributed by atoms with E-state index in [0.29, 0.717) is 6.61 Å². The van der Waals surface area contributed by atoms with Crippen molar-refractivity contribution in [3.05, 3.63) is 48.1 Å². The number of anilines is 3. The molecule has 3 aromatic heterocycles. The van der Waals surface area contributed by atoms with E-state index in [-0.39, 0.29) is 0 Å². The van der Waals surface area contributed by atoms with Crippen molar-refractivity contribution >= 4 is 28.7 Å². The Kier molecular flexibility index (Phi) is 5.35. The van der Waals surface area contributed by atoms with Gasteiger partial charge in [-0.3, -0.25) is 0 Å². The minimum Gasteiger partial charge on any atom is -0.383 e. The number of methoxy groups -OCH3 is 1. The molecule has 0 amide bonds. The van der Waals surface area contributed by atoms with E-state index < -0.39 is 0 Å². The molecule has 0 aliphatic rings. The Morgan fingerprint density at radius 3 is 2.79 bits per heavy atom. The summed E-state index contributed by atoms with van der Waals surface area (Å²) < 4.78 is 5.09. The molecule has 7 heteroatoms. The molecule has 0 fully saturated rings. The molecule has 0 aliphatic carbocycles. The molecule has 0 atom stereocenters. The van der Waals surface area contributed by atoms with Gasteiger partial charge in [0.1, 0.15) is 22.3 Å². The van der Waals surface area contributed by atoms with Gasteiger partial charge in [0.15, 0.2) is 0 Å². The van der Waals surface area contributed by atoms with Crippen LogP contribution in [0, 0.1) is 0 Å². The minimum absolute atomic E-state index is 0.684. The smallest absolute Gasteiger partial charge is 0.141 e. The lowest BCUT2D eigenvalue weighted by Gasteiger charge is -2.18. The second kappa shape index (κ2) is 7.85. The summed E-state index contributed by atoms with van der Waals surface area (Å²) in [6.45, 7) is 1.51. The number of nitrogens with zero attached hydrogens (tertiary/aromatic N) is 4. The fraction of sp³-hybridized carbons (Fsp3) is 0.235. The summed E-state index contributed by atoms with van der Waals surface area (Å²) in [6.07, 6.45) is 3.62. The van der Waals surface area contributed by atoms with E-state index in [1.54, 1.807) is 24.6 Å². The van der Waals surface area contributed by atoms with Crippen LogP contribution in [-0.4, -0.2) is 42.3 Å². The molecular formula is C17H19N5OS. The third-order valence-electron chi connectivity index (χ3n) is 3.48. The zero-order valence-electron chi connectivity index (χ0n) is 13.6. The van der Waals surface area contributed by atoms with Crippen LogP contribution < -0.4 is 10.2 Å². The number of hydrogen-bond acceptors (Lipinski definition) is 7. The molecule has 3 heterocycles. The van der Waals surface area contributed by atoms with Gasteiger partial charge in [-0.15, -0.1) is 11.3 Å². The molecule has 0 saturated heterocycles. The van der Waals surface area contributed by atoms with Gasteiger partial charge in [0.05, 0.1) is 18.5 Å². The van der Waals surface area contributed by atoms with Crippen molar-refractivity contribution in [1.82, 2.24) is 15.0 Å². The SMILES string of the molecule is COCCN(C)c1ccc(Nc2cccc(-c3nccs3)n2)nc1. The average Bonchev–Trinajstić information content (AvgIpc) is 3.15. The second-order valence-corrected chi connectivity index (χ2v) is 6.08.